The number of methoxy groups -OCH3 is 3. The van der Waals surface area contributed by atoms with Crippen molar-refractivity contribution < 1.29 is 33.3 Å². The van der Waals surface area contributed by atoms with Crippen LogP contribution >= 0.6 is 0 Å². The molecule has 2 amide bonds. The van der Waals surface area contributed by atoms with Gasteiger partial charge in [-0.1, -0.05) is 0 Å². The van der Waals surface area contributed by atoms with E-state index in [0.29, 0.717) is 22.8 Å². The average Bonchev–Trinajstić information content (AvgIpc) is 3.11. The van der Waals surface area contributed by atoms with Gasteiger partial charge in [0, 0.05) is 6.08 Å². The van der Waals surface area contributed by atoms with Gasteiger partial charge in [-0.2, -0.15) is 0 Å². The Labute approximate surface area is 191 Å². The maximum Gasteiger partial charge on any atom is 0.326 e. The second-order valence-corrected chi connectivity index (χ2v) is 7.80. The van der Waals surface area contributed by atoms with Gasteiger partial charge < -0.3 is 34.6 Å². The van der Waals surface area contributed by atoms with Gasteiger partial charge in [-0.3, -0.25) is 14.4 Å². The third-order valence-electron chi connectivity index (χ3n) is 4.15. The lowest BCUT2D eigenvalue weighted by atomic mass is 10.1. The standard InChI is InChI=1S/C22H28N4O7/c1-22(2,3)33-17(28)11-26-12-24-18(20(23)29)21(26)25-16(27)8-7-13-9-14(30-4)19(32-6)15(10-13)31-5/h7-10,12H,11H2,1-6H3,(H2,23,29)(H,25,27)/b8-7+. The molecule has 1 heterocycles. The van der Waals surface area contributed by atoms with Gasteiger partial charge in [-0.05, 0) is 44.5 Å². The van der Waals surface area contributed by atoms with Crippen molar-refractivity contribution in [1.29, 1.82) is 0 Å². The Bertz CT molecular complexity index is 1040. The van der Waals surface area contributed by atoms with Gasteiger partial charge in [-0.15, -0.1) is 0 Å². The van der Waals surface area contributed by atoms with Crippen molar-refractivity contribution in [1.82, 2.24) is 9.55 Å². The first-order valence-electron chi connectivity index (χ1n) is 9.85. The molecule has 3 N–H and O–H groups in total. The Morgan fingerprint density at radius 1 is 1.09 bits per heavy atom. The highest BCUT2D eigenvalue weighted by atomic mass is 16.6. The molecule has 0 saturated carbocycles. The van der Waals surface area contributed by atoms with E-state index in [4.69, 9.17) is 24.7 Å². The van der Waals surface area contributed by atoms with Crippen LogP contribution in [0.15, 0.2) is 24.5 Å². The monoisotopic (exact) mass is 460 g/mol. The minimum absolute atomic E-state index is 0.0205. The Morgan fingerprint density at radius 2 is 1.70 bits per heavy atom. The largest absolute Gasteiger partial charge is 0.493 e. The van der Waals surface area contributed by atoms with E-state index in [-0.39, 0.29) is 18.1 Å². The summed E-state index contributed by atoms with van der Waals surface area (Å²) in [5.74, 6) is -0.781. The Morgan fingerprint density at radius 3 is 2.18 bits per heavy atom. The summed E-state index contributed by atoms with van der Waals surface area (Å²) in [4.78, 5) is 40.4. The molecular formula is C22H28N4O7. The van der Waals surface area contributed by atoms with Crippen molar-refractivity contribution in [2.75, 3.05) is 26.6 Å². The lowest BCUT2D eigenvalue weighted by Crippen LogP contribution is -2.27. The van der Waals surface area contributed by atoms with Gasteiger partial charge in [0.15, 0.2) is 17.2 Å². The van der Waals surface area contributed by atoms with Crippen molar-refractivity contribution in [3.63, 3.8) is 0 Å². The van der Waals surface area contributed by atoms with E-state index in [1.165, 1.54) is 44.4 Å². The van der Waals surface area contributed by atoms with Gasteiger partial charge in [0.05, 0.1) is 27.7 Å². The maximum atomic E-state index is 12.6. The summed E-state index contributed by atoms with van der Waals surface area (Å²) in [6, 6.07) is 3.32. The van der Waals surface area contributed by atoms with Crippen LogP contribution in [0.5, 0.6) is 17.2 Å². The molecule has 11 nitrogen and oxygen atoms in total. The molecule has 0 aliphatic heterocycles. The fourth-order valence-electron chi connectivity index (χ4n) is 2.85. The Kier molecular flexibility index (Phi) is 8.05. The minimum Gasteiger partial charge on any atom is -0.493 e. The lowest BCUT2D eigenvalue weighted by molar-refractivity contribution is -0.155. The summed E-state index contributed by atoms with van der Waals surface area (Å²) in [7, 11) is 4.45. The molecule has 1 aromatic carbocycles. The van der Waals surface area contributed by atoms with E-state index in [9.17, 15) is 14.4 Å². The molecule has 178 valence electrons. The number of ether oxygens (including phenoxy) is 4. The molecule has 2 rings (SSSR count). The predicted molar refractivity (Wildman–Crippen MR) is 120 cm³/mol. The van der Waals surface area contributed by atoms with Crippen LogP contribution in [0.25, 0.3) is 6.08 Å². The summed E-state index contributed by atoms with van der Waals surface area (Å²) >= 11 is 0. The topological polar surface area (TPSA) is 144 Å². The van der Waals surface area contributed by atoms with Crippen LogP contribution in [0.4, 0.5) is 5.82 Å². The lowest BCUT2D eigenvalue weighted by Gasteiger charge is -2.20. The van der Waals surface area contributed by atoms with Gasteiger partial charge in [0.1, 0.15) is 18.0 Å². The van der Waals surface area contributed by atoms with Gasteiger partial charge >= 0.3 is 5.97 Å². The van der Waals surface area contributed by atoms with Crippen molar-refractivity contribution in [2.45, 2.75) is 32.9 Å². The number of nitrogens with two attached hydrogens (primary N) is 1. The number of anilines is 1. The van der Waals surface area contributed by atoms with Crippen LogP contribution < -0.4 is 25.3 Å². The number of esters is 1. The normalized spacial score (nSPS) is 11.2. The Hall–Kier alpha value is -4.02. The maximum absolute atomic E-state index is 12.6. The zero-order valence-corrected chi connectivity index (χ0v) is 19.4. The molecule has 0 saturated heterocycles. The van der Waals surface area contributed by atoms with Crippen molar-refractivity contribution in [3.8, 4) is 17.2 Å². The molecule has 1 aromatic heterocycles. The van der Waals surface area contributed by atoms with Crippen LogP contribution in [0.1, 0.15) is 36.8 Å². The van der Waals surface area contributed by atoms with E-state index in [1.54, 1.807) is 32.9 Å². The third kappa shape index (κ3) is 6.73. The van der Waals surface area contributed by atoms with Gasteiger partial charge in [0.25, 0.3) is 5.91 Å². The molecule has 2 aromatic rings. The average molecular weight is 460 g/mol. The summed E-state index contributed by atoms with van der Waals surface area (Å²) in [6.07, 6.45) is 3.97. The van der Waals surface area contributed by atoms with Crippen molar-refractivity contribution in [2.24, 2.45) is 5.73 Å². The van der Waals surface area contributed by atoms with Crippen molar-refractivity contribution in [3.05, 3.63) is 35.8 Å². The molecule has 0 aliphatic rings. The fourth-order valence-corrected chi connectivity index (χ4v) is 2.85. The first-order chi connectivity index (χ1) is 15.5. The zero-order chi connectivity index (χ0) is 24.8. The van der Waals surface area contributed by atoms with E-state index in [0.717, 1.165) is 0 Å². The SMILES string of the molecule is COc1cc(/C=C/C(=O)Nc2c(C(N)=O)ncn2CC(=O)OC(C)(C)C)cc(OC)c1OC. The summed E-state index contributed by atoms with van der Waals surface area (Å²) in [5, 5.41) is 2.54. The molecule has 0 atom stereocenters. The minimum atomic E-state index is -0.859. The summed E-state index contributed by atoms with van der Waals surface area (Å²) in [5.41, 5.74) is 5.06. The number of nitrogens with zero attached hydrogens (tertiary/aromatic N) is 2. The van der Waals surface area contributed by atoms with Gasteiger partial charge in [-0.25, -0.2) is 4.98 Å². The highest BCUT2D eigenvalue weighted by Crippen LogP contribution is 2.38. The van der Waals surface area contributed by atoms with E-state index < -0.39 is 23.4 Å². The molecule has 0 aliphatic carbocycles. The number of imidazole rings is 1. The number of amides is 2. The second kappa shape index (κ2) is 10.5. The van der Waals surface area contributed by atoms with Crippen LogP contribution in [0, 0.1) is 0 Å². The second-order valence-electron chi connectivity index (χ2n) is 7.80. The van der Waals surface area contributed by atoms with E-state index in [1.807, 2.05) is 0 Å². The van der Waals surface area contributed by atoms with Crippen LogP contribution in [-0.4, -0.2) is 54.3 Å². The predicted octanol–water partition coefficient (Wildman–Crippen LogP) is 2.00. The van der Waals surface area contributed by atoms with E-state index in [2.05, 4.69) is 10.3 Å². The van der Waals surface area contributed by atoms with Gasteiger partial charge in [0.2, 0.25) is 11.7 Å². The summed E-state index contributed by atoms with van der Waals surface area (Å²) in [6.45, 7) is 4.91. The molecule has 33 heavy (non-hydrogen) atoms. The number of aromatic nitrogens is 2. The number of primary amides is 1. The molecule has 0 bridgehead atoms. The molecular weight excluding hydrogens is 432 g/mol. The number of hydrogen-bond donors (Lipinski definition) is 2. The summed E-state index contributed by atoms with van der Waals surface area (Å²) < 4.78 is 22.4. The Balaban J connectivity index is 2.26. The van der Waals surface area contributed by atoms with Crippen LogP contribution in [0.3, 0.4) is 0 Å². The third-order valence-corrected chi connectivity index (χ3v) is 4.15. The van der Waals surface area contributed by atoms with Crippen LogP contribution in [-0.2, 0) is 20.9 Å². The molecule has 0 fully saturated rings. The quantitative estimate of drug-likeness (QED) is 0.427. The molecule has 11 heteroatoms. The number of carbonyl (C=O) groups is 3. The zero-order valence-electron chi connectivity index (χ0n) is 19.4. The first kappa shape index (κ1) is 25.2. The highest BCUT2D eigenvalue weighted by molar-refractivity contribution is 6.06. The number of carbonyl (C=O) groups excluding carboxylic acids is 3. The smallest absolute Gasteiger partial charge is 0.326 e. The first-order valence-corrected chi connectivity index (χ1v) is 9.85. The van der Waals surface area contributed by atoms with E-state index >= 15 is 0 Å². The highest BCUT2D eigenvalue weighted by Gasteiger charge is 2.22. The molecule has 0 spiro atoms. The van der Waals surface area contributed by atoms with Crippen LogP contribution in [0.2, 0.25) is 0 Å². The fraction of sp³-hybridized carbons (Fsp3) is 0.364. The number of rotatable bonds is 9. The van der Waals surface area contributed by atoms with Crippen molar-refractivity contribution >= 4 is 29.7 Å². The molecule has 0 radical (unpaired) electrons. The number of benzene rings is 1. The number of hydrogen-bond acceptors (Lipinski definition) is 8. The molecule has 0 unspecified atom stereocenters. The number of nitrogens with one attached hydrogen (secondary N) is 1.